The van der Waals surface area contributed by atoms with Gasteiger partial charge in [-0.25, -0.2) is 0 Å². The second-order valence-corrected chi connectivity index (χ2v) is 5.78. The van der Waals surface area contributed by atoms with Gasteiger partial charge in [-0.15, -0.1) is 0 Å². The summed E-state index contributed by atoms with van der Waals surface area (Å²) in [7, 11) is 0. The van der Waals surface area contributed by atoms with E-state index in [9.17, 15) is 10.1 Å². The Morgan fingerprint density at radius 3 is 2.74 bits per heavy atom. The molecule has 0 bridgehead atoms. The minimum absolute atomic E-state index is 0.135. The first-order valence-electron chi connectivity index (χ1n) is 6.70. The van der Waals surface area contributed by atoms with E-state index < -0.39 is 0 Å². The van der Waals surface area contributed by atoms with Crippen LogP contribution in [-0.2, 0) is 6.54 Å². The molecule has 0 aliphatic heterocycles. The lowest BCUT2D eigenvalue weighted by molar-refractivity contribution is -0.385. The van der Waals surface area contributed by atoms with Crippen LogP contribution in [0.1, 0.15) is 38.2 Å². The van der Waals surface area contributed by atoms with Crippen molar-refractivity contribution < 1.29 is 4.92 Å². The average Bonchev–Trinajstić information content (AvgIpc) is 2.32. The molecule has 0 radical (unpaired) electrons. The van der Waals surface area contributed by atoms with Crippen molar-refractivity contribution in [1.29, 1.82) is 0 Å². The smallest absolute Gasteiger partial charge is 0.273 e. The fourth-order valence-electron chi connectivity index (χ4n) is 2.67. The van der Waals surface area contributed by atoms with Gasteiger partial charge in [0.05, 0.1) is 4.92 Å². The number of nitro benzene ring substituents is 1. The van der Waals surface area contributed by atoms with Gasteiger partial charge < -0.3 is 5.32 Å². The molecular weight excluding hydrogens is 264 g/mol. The Morgan fingerprint density at radius 1 is 1.47 bits per heavy atom. The molecule has 0 unspecified atom stereocenters. The third-order valence-electron chi connectivity index (χ3n) is 4.22. The highest BCUT2D eigenvalue weighted by Gasteiger charge is 2.34. The van der Waals surface area contributed by atoms with Crippen LogP contribution in [0, 0.1) is 15.5 Å². The molecule has 19 heavy (non-hydrogen) atoms. The molecule has 0 aromatic heterocycles. The number of halogens is 1. The van der Waals surface area contributed by atoms with Crippen LogP contribution in [0.25, 0.3) is 0 Å². The molecular formula is C14H19ClN2O2. The molecule has 1 aromatic rings. The zero-order valence-electron chi connectivity index (χ0n) is 11.1. The number of nitrogens with one attached hydrogen (secondary N) is 1. The Balaban J connectivity index is 1.99. The summed E-state index contributed by atoms with van der Waals surface area (Å²) in [5, 5.41) is 14.8. The summed E-state index contributed by atoms with van der Waals surface area (Å²) in [5.74, 6) is 0. The lowest BCUT2D eigenvalue weighted by atomic mass is 9.67. The highest BCUT2D eigenvalue weighted by atomic mass is 35.5. The lowest BCUT2D eigenvalue weighted by Crippen LogP contribution is -2.39. The number of hydrogen-bond acceptors (Lipinski definition) is 3. The van der Waals surface area contributed by atoms with Crippen molar-refractivity contribution in [2.75, 3.05) is 6.54 Å². The fraction of sp³-hybridized carbons (Fsp3) is 0.571. The first-order chi connectivity index (χ1) is 9.06. The molecule has 104 valence electrons. The maximum Gasteiger partial charge on any atom is 0.273 e. The summed E-state index contributed by atoms with van der Waals surface area (Å²) >= 11 is 5.91. The molecule has 1 aromatic carbocycles. The van der Waals surface area contributed by atoms with Gasteiger partial charge >= 0.3 is 0 Å². The number of rotatable bonds is 6. The first-order valence-corrected chi connectivity index (χ1v) is 7.08. The predicted molar refractivity (Wildman–Crippen MR) is 76.4 cm³/mol. The van der Waals surface area contributed by atoms with Crippen LogP contribution in [0.15, 0.2) is 18.2 Å². The fourth-order valence-corrected chi connectivity index (χ4v) is 2.86. The lowest BCUT2D eigenvalue weighted by Gasteiger charge is -2.41. The normalized spacial score (nSPS) is 16.9. The van der Waals surface area contributed by atoms with Crippen LogP contribution in [0.5, 0.6) is 0 Å². The summed E-state index contributed by atoms with van der Waals surface area (Å²) < 4.78 is 0. The van der Waals surface area contributed by atoms with Gasteiger partial charge in [-0.05, 0) is 36.8 Å². The van der Waals surface area contributed by atoms with Gasteiger partial charge in [-0.3, -0.25) is 10.1 Å². The van der Waals surface area contributed by atoms with Crippen LogP contribution in [0.4, 0.5) is 5.69 Å². The van der Waals surface area contributed by atoms with E-state index in [0.717, 1.165) is 13.0 Å². The van der Waals surface area contributed by atoms with Crippen molar-refractivity contribution >= 4 is 17.3 Å². The quantitative estimate of drug-likeness (QED) is 0.635. The molecule has 0 saturated heterocycles. The molecule has 0 atom stereocenters. The van der Waals surface area contributed by atoms with Crippen LogP contribution in [0.2, 0.25) is 5.02 Å². The van der Waals surface area contributed by atoms with Gasteiger partial charge in [0.1, 0.15) is 0 Å². The van der Waals surface area contributed by atoms with E-state index in [1.165, 1.54) is 25.3 Å². The van der Waals surface area contributed by atoms with E-state index in [1.807, 2.05) is 0 Å². The Kier molecular flexibility index (Phi) is 4.42. The maximum atomic E-state index is 11.0. The van der Waals surface area contributed by atoms with Gasteiger partial charge in [0.25, 0.3) is 5.69 Å². The van der Waals surface area contributed by atoms with Crippen molar-refractivity contribution in [3.8, 4) is 0 Å². The second kappa shape index (κ2) is 5.88. The second-order valence-electron chi connectivity index (χ2n) is 5.34. The average molecular weight is 283 g/mol. The maximum absolute atomic E-state index is 11.0. The van der Waals surface area contributed by atoms with Gasteiger partial charge in [0.15, 0.2) is 0 Å². The van der Waals surface area contributed by atoms with Crippen LogP contribution in [0.3, 0.4) is 0 Å². The summed E-state index contributed by atoms with van der Waals surface area (Å²) in [5.41, 5.74) is 1.20. The van der Waals surface area contributed by atoms with Crippen LogP contribution in [-0.4, -0.2) is 11.5 Å². The number of hydrogen-bond donors (Lipinski definition) is 1. The highest BCUT2D eigenvalue weighted by Crippen LogP contribution is 2.43. The third kappa shape index (κ3) is 3.25. The van der Waals surface area contributed by atoms with E-state index in [0.29, 0.717) is 22.5 Å². The minimum atomic E-state index is -0.355. The molecule has 1 aliphatic carbocycles. The monoisotopic (exact) mass is 282 g/mol. The Bertz CT molecular complexity index is 467. The van der Waals surface area contributed by atoms with E-state index in [2.05, 4.69) is 12.2 Å². The molecule has 1 saturated carbocycles. The molecule has 5 heteroatoms. The summed E-state index contributed by atoms with van der Waals surface area (Å²) in [4.78, 5) is 10.6. The van der Waals surface area contributed by atoms with Crippen molar-refractivity contribution in [2.24, 2.45) is 5.41 Å². The Labute approximate surface area is 118 Å². The molecule has 4 nitrogen and oxygen atoms in total. The van der Waals surface area contributed by atoms with Gasteiger partial charge in [-0.2, -0.15) is 0 Å². The number of nitro groups is 1. The first kappa shape index (κ1) is 14.3. The van der Waals surface area contributed by atoms with Gasteiger partial charge in [0, 0.05) is 29.7 Å². The summed E-state index contributed by atoms with van der Waals surface area (Å²) in [6, 6.07) is 4.70. The Hall–Kier alpha value is -1.13. The molecule has 0 heterocycles. The SMILES string of the molecule is CCC1(CNCc2cc(Cl)ccc2[N+](=O)[O-])CCC1. The molecule has 0 spiro atoms. The van der Waals surface area contributed by atoms with Crippen molar-refractivity contribution in [2.45, 2.75) is 39.2 Å². The molecule has 1 N–H and O–H groups in total. The van der Waals surface area contributed by atoms with E-state index in [1.54, 1.807) is 12.1 Å². The molecule has 1 fully saturated rings. The van der Waals surface area contributed by atoms with Crippen molar-refractivity contribution in [1.82, 2.24) is 5.32 Å². The van der Waals surface area contributed by atoms with Gasteiger partial charge in [-0.1, -0.05) is 24.9 Å². The summed E-state index contributed by atoms with van der Waals surface area (Å²) in [6.45, 7) is 3.63. The van der Waals surface area contributed by atoms with Crippen LogP contribution < -0.4 is 5.32 Å². The summed E-state index contributed by atoms with van der Waals surface area (Å²) in [6.07, 6.45) is 4.98. The molecule has 0 amide bonds. The number of nitrogens with zero attached hydrogens (tertiary/aromatic N) is 1. The number of benzene rings is 1. The zero-order chi connectivity index (χ0) is 13.9. The molecule has 1 aliphatic rings. The van der Waals surface area contributed by atoms with Gasteiger partial charge in [0.2, 0.25) is 0 Å². The standard InChI is InChI=1S/C14H19ClN2O2/c1-2-14(6-3-7-14)10-16-9-11-8-12(15)4-5-13(11)17(18)19/h4-5,8,16H,2-3,6-7,9-10H2,1H3. The van der Waals surface area contributed by atoms with E-state index >= 15 is 0 Å². The van der Waals surface area contributed by atoms with E-state index in [4.69, 9.17) is 11.6 Å². The van der Waals surface area contributed by atoms with Crippen molar-refractivity contribution in [3.63, 3.8) is 0 Å². The van der Waals surface area contributed by atoms with Crippen molar-refractivity contribution in [3.05, 3.63) is 38.9 Å². The molecule has 2 rings (SSSR count). The Morgan fingerprint density at radius 2 is 2.21 bits per heavy atom. The zero-order valence-corrected chi connectivity index (χ0v) is 11.9. The topological polar surface area (TPSA) is 55.2 Å². The third-order valence-corrected chi connectivity index (χ3v) is 4.45. The van der Waals surface area contributed by atoms with Crippen LogP contribution >= 0.6 is 11.6 Å². The van der Waals surface area contributed by atoms with E-state index in [-0.39, 0.29) is 10.6 Å². The largest absolute Gasteiger partial charge is 0.312 e. The minimum Gasteiger partial charge on any atom is -0.312 e. The highest BCUT2D eigenvalue weighted by molar-refractivity contribution is 6.30. The predicted octanol–water partition coefficient (Wildman–Crippen LogP) is 3.92.